The zero-order valence-corrected chi connectivity index (χ0v) is 9.06. The topological polar surface area (TPSA) is 50.9 Å². The summed E-state index contributed by atoms with van der Waals surface area (Å²) in [6.45, 7) is 1.23. The first kappa shape index (κ1) is 10.6. The van der Waals surface area contributed by atoms with Crippen molar-refractivity contribution in [1.82, 2.24) is 4.98 Å². The lowest BCUT2D eigenvalue weighted by Crippen LogP contribution is -2.08. The van der Waals surface area contributed by atoms with Crippen molar-refractivity contribution in [3.8, 4) is 0 Å². The van der Waals surface area contributed by atoms with Crippen LogP contribution in [0.4, 0.5) is 5.69 Å². The molecule has 0 unspecified atom stereocenters. The minimum absolute atomic E-state index is 0.527. The molecule has 0 amide bonds. The Kier molecular flexibility index (Phi) is 3.51. The van der Waals surface area contributed by atoms with E-state index in [1.54, 1.807) is 6.20 Å². The molecule has 0 atom stereocenters. The minimum atomic E-state index is 0.527. The van der Waals surface area contributed by atoms with Crippen molar-refractivity contribution in [2.24, 2.45) is 5.73 Å². The Bertz CT molecular complexity index is 440. The third-order valence-corrected chi connectivity index (χ3v) is 2.44. The molecular weight excluding hydrogens is 198 g/mol. The van der Waals surface area contributed by atoms with E-state index in [1.165, 1.54) is 0 Å². The highest BCUT2D eigenvalue weighted by Crippen LogP contribution is 2.09. The van der Waals surface area contributed by atoms with Crippen LogP contribution >= 0.6 is 0 Å². The molecule has 0 spiro atoms. The molecule has 0 aliphatic carbocycles. The van der Waals surface area contributed by atoms with Gasteiger partial charge in [-0.15, -0.1) is 0 Å². The molecule has 0 bridgehead atoms. The van der Waals surface area contributed by atoms with Crippen molar-refractivity contribution in [3.05, 3.63) is 59.9 Å². The zero-order chi connectivity index (χ0) is 11.2. The quantitative estimate of drug-likeness (QED) is 0.818. The van der Waals surface area contributed by atoms with Crippen molar-refractivity contribution in [2.45, 2.75) is 13.1 Å². The first-order valence-corrected chi connectivity index (χ1v) is 5.32. The van der Waals surface area contributed by atoms with Gasteiger partial charge in [0.15, 0.2) is 0 Å². The van der Waals surface area contributed by atoms with Crippen LogP contribution < -0.4 is 11.1 Å². The van der Waals surface area contributed by atoms with Crippen LogP contribution in [0.1, 0.15) is 11.3 Å². The standard InChI is InChI=1S/C13H15N3/c14-9-11-5-4-8-15-13(11)10-16-12-6-2-1-3-7-12/h1-8,16H,9-10,14H2. The molecule has 0 radical (unpaired) electrons. The summed E-state index contributed by atoms with van der Waals surface area (Å²) in [6, 6.07) is 14.0. The summed E-state index contributed by atoms with van der Waals surface area (Å²) in [5, 5.41) is 3.32. The summed E-state index contributed by atoms with van der Waals surface area (Å²) >= 11 is 0. The Hall–Kier alpha value is -1.87. The van der Waals surface area contributed by atoms with Gasteiger partial charge in [-0.1, -0.05) is 24.3 Å². The number of nitrogens with one attached hydrogen (secondary N) is 1. The van der Waals surface area contributed by atoms with Gasteiger partial charge < -0.3 is 11.1 Å². The Morgan fingerprint density at radius 3 is 2.62 bits per heavy atom. The van der Waals surface area contributed by atoms with Gasteiger partial charge in [-0.3, -0.25) is 4.98 Å². The molecule has 82 valence electrons. The number of para-hydroxylation sites is 1. The van der Waals surface area contributed by atoms with Gasteiger partial charge in [0, 0.05) is 18.4 Å². The average Bonchev–Trinajstić information content (AvgIpc) is 2.38. The Morgan fingerprint density at radius 2 is 1.88 bits per heavy atom. The third-order valence-electron chi connectivity index (χ3n) is 2.44. The molecule has 16 heavy (non-hydrogen) atoms. The van der Waals surface area contributed by atoms with E-state index in [2.05, 4.69) is 10.3 Å². The Labute approximate surface area is 95.3 Å². The van der Waals surface area contributed by atoms with Gasteiger partial charge in [-0.2, -0.15) is 0 Å². The zero-order valence-electron chi connectivity index (χ0n) is 9.06. The first-order valence-electron chi connectivity index (χ1n) is 5.32. The predicted octanol–water partition coefficient (Wildman–Crippen LogP) is 2.15. The van der Waals surface area contributed by atoms with Crippen molar-refractivity contribution in [1.29, 1.82) is 0 Å². The molecule has 3 nitrogen and oxygen atoms in total. The maximum atomic E-state index is 5.65. The highest BCUT2D eigenvalue weighted by atomic mass is 14.9. The lowest BCUT2D eigenvalue weighted by molar-refractivity contribution is 0.951. The number of rotatable bonds is 4. The molecule has 0 saturated heterocycles. The Morgan fingerprint density at radius 1 is 1.06 bits per heavy atom. The summed E-state index contributed by atoms with van der Waals surface area (Å²) in [5.74, 6) is 0. The number of pyridine rings is 1. The first-order chi connectivity index (χ1) is 7.90. The number of benzene rings is 1. The fraction of sp³-hybridized carbons (Fsp3) is 0.154. The number of anilines is 1. The number of hydrogen-bond acceptors (Lipinski definition) is 3. The van der Waals surface area contributed by atoms with Crippen molar-refractivity contribution in [2.75, 3.05) is 5.32 Å². The third kappa shape index (κ3) is 2.58. The van der Waals surface area contributed by atoms with Crippen LogP contribution in [-0.2, 0) is 13.1 Å². The van der Waals surface area contributed by atoms with Crippen LogP contribution in [0.15, 0.2) is 48.7 Å². The van der Waals surface area contributed by atoms with E-state index in [0.29, 0.717) is 13.1 Å². The van der Waals surface area contributed by atoms with Gasteiger partial charge in [-0.25, -0.2) is 0 Å². The second-order valence-electron chi connectivity index (χ2n) is 3.53. The normalized spacial score (nSPS) is 10.1. The van der Waals surface area contributed by atoms with Crippen LogP contribution in [-0.4, -0.2) is 4.98 Å². The van der Waals surface area contributed by atoms with Crippen molar-refractivity contribution < 1.29 is 0 Å². The van der Waals surface area contributed by atoms with Gasteiger partial charge in [0.2, 0.25) is 0 Å². The molecule has 0 fully saturated rings. The monoisotopic (exact) mass is 213 g/mol. The van der Waals surface area contributed by atoms with Gasteiger partial charge in [0.25, 0.3) is 0 Å². The van der Waals surface area contributed by atoms with Crippen LogP contribution in [0.5, 0.6) is 0 Å². The molecule has 0 saturated carbocycles. The molecule has 1 aromatic heterocycles. The number of nitrogens with two attached hydrogens (primary N) is 1. The Balaban J connectivity index is 2.05. The fourth-order valence-electron chi connectivity index (χ4n) is 1.56. The SMILES string of the molecule is NCc1cccnc1CNc1ccccc1. The van der Waals surface area contributed by atoms with E-state index in [-0.39, 0.29) is 0 Å². The molecule has 1 heterocycles. The maximum absolute atomic E-state index is 5.65. The molecule has 0 aliphatic heterocycles. The molecule has 0 aliphatic rings. The lowest BCUT2D eigenvalue weighted by Gasteiger charge is -2.08. The molecular formula is C13H15N3. The van der Waals surface area contributed by atoms with Crippen LogP contribution in [0, 0.1) is 0 Å². The minimum Gasteiger partial charge on any atom is -0.379 e. The summed E-state index contributed by atoms with van der Waals surface area (Å²) in [4.78, 5) is 4.32. The van der Waals surface area contributed by atoms with E-state index >= 15 is 0 Å². The van der Waals surface area contributed by atoms with Gasteiger partial charge in [0.1, 0.15) is 0 Å². The smallest absolute Gasteiger partial charge is 0.0639 e. The molecule has 2 aromatic rings. The van der Waals surface area contributed by atoms with Crippen LogP contribution in [0.25, 0.3) is 0 Å². The highest BCUT2D eigenvalue weighted by Gasteiger charge is 2.00. The second-order valence-corrected chi connectivity index (χ2v) is 3.53. The van der Waals surface area contributed by atoms with E-state index < -0.39 is 0 Å². The van der Waals surface area contributed by atoms with Crippen molar-refractivity contribution >= 4 is 5.69 Å². The van der Waals surface area contributed by atoms with E-state index in [4.69, 9.17) is 5.73 Å². The van der Waals surface area contributed by atoms with Crippen LogP contribution in [0.3, 0.4) is 0 Å². The van der Waals surface area contributed by atoms with E-state index in [1.807, 2.05) is 42.5 Å². The molecule has 2 rings (SSSR count). The van der Waals surface area contributed by atoms with Crippen molar-refractivity contribution in [3.63, 3.8) is 0 Å². The lowest BCUT2D eigenvalue weighted by atomic mass is 10.2. The largest absolute Gasteiger partial charge is 0.379 e. The molecule has 1 aromatic carbocycles. The predicted molar refractivity (Wildman–Crippen MR) is 65.9 cm³/mol. The summed E-state index contributed by atoms with van der Waals surface area (Å²) in [5.41, 5.74) is 8.84. The van der Waals surface area contributed by atoms with E-state index in [0.717, 1.165) is 16.9 Å². The summed E-state index contributed by atoms with van der Waals surface area (Å²) < 4.78 is 0. The molecule has 3 N–H and O–H groups in total. The van der Waals surface area contributed by atoms with E-state index in [9.17, 15) is 0 Å². The second kappa shape index (κ2) is 5.28. The highest BCUT2D eigenvalue weighted by molar-refractivity contribution is 5.43. The average molecular weight is 213 g/mol. The maximum Gasteiger partial charge on any atom is 0.0639 e. The molecule has 3 heteroatoms. The number of hydrogen-bond donors (Lipinski definition) is 2. The number of nitrogens with zero attached hydrogens (tertiary/aromatic N) is 1. The fourth-order valence-corrected chi connectivity index (χ4v) is 1.56. The summed E-state index contributed by atoms with van der Waals surface area (Å²) in [6.07, 6.45) is 1.79. The summed E-state index contributed by atoms with van der Waals surface area (Å²) in [7, 11) is 0. The van der Waals surface area contributed by atoms with Gasteiger partial charge in [0.05, 0.1) is 12.2 Å². The van der Waals surface area contributed by atoms with Gasteiger partial charge in [-0.05, 0) is 23.8 Å². The van der Waals surface area contributed by atoms with Crippen LogP contribution in [0.2, 0.25) is 0 Å². The van der Waals surface area contributed by atoms with Gasteiger partial charge >= 0.3 is 0 Å². The number of aromatic nitrogens is 1.